The number of carbonyl (C=O) groups excluding carboxylic acids is 1. The van der Waals surface area contributed by atoms with Gasteiger partial charge in [0.1, 0.15) is 11.4 Å². The molecule has 27 heavy (non-hydrogen) atoms. The summed E-state index contributed by atoms with van der Waals surface area (Å²) in [5, 5.41) is 9.36. The van der Waals surface area contributed by atoms with Crippen molar-refractivity contribution >= 4 is 12.1 Å². The molecule has 7 nitrogen and oxygen atoms in total. The summed E-state index contributed by atoms with van der Waals surface area (Å²) < 4.78 is 10.9. The van der Waals surface area contributed by atoms with Crippen molar-refractivity contribution < 1.29 is 14.3 Å². The quantitative estimate of drug-likeness (QED) is 0.502. The molecule has 0 unspecified atom stereocenters. The van der Waals surface area contributed by atoms with E-state index in [2.05, 4.69) is 20.9 Å². The summed E-state index contributed by atoms with van der Waals surface area (Å²) in [6.45, 7) is 13.0. The lowest BCUT2D eigenvalue weighted by Crippen LogP contribution is -2.54. The molecule has 0 radical (unpaired) electrons. The van der Waals surface area contributed by atoms with Gasteiger partial charge in [0.2, 0.25) is 0 Å². The molecule has 1 amide bonds. The van der Waals surface area contributed by atoms with Crippen LogP contribution >= 0.6 is 0 Å². The van der Waals surface area contributed by atoms with Gasteiger partial charge in [0.15, 0.2) is 5.96 Å². The number of para-hydroxylation sites is 1. The lowest BCUT2D eigenvalue weighted by Gasteiger charge is -2.29. The van der Waals surface area contributed by atoms with Gasteiger partial charge >= 0.3 is 6.09 Å². The number of guanidine groups is 1. The van der Waals surface area contributed by atoms with Gasteiger partial charge in [-0.15, -0.1) is 0 Å². The molecule has 0 bridgehead atoms. The predicted molar refractivity (Wildman–Crippen MR) is 109 cm³/mol. The molecule has 0 saturated carbocycles. The summed E-state index contributed by atoms with van der Waals surface area (Å²) in [4.78, 5) is 16.2. The zero-order valence-corrected chi connectivity index (χ0v) is 17.6. The Bertz CT molecular complexity index is 636. The fourth-order valence-electron chi connectivity index (χ4n) is 2.27. The summed E-state index contributed by atoms with van der Waals surface area (Å²) in [6, 6.07) is 7.89. The number of nitrogens with zero attached hydrogens (tertiary/aromatic N) is 1. The zero-order chi connectivity index (χ0) is 20.5. The van der Waals surface area contributed by atoms with Crippen LogP contribution in [0.2, 0.25) is 0 Å². The fourth-order valence-corrected chi connectivity index (χ4v) is 2.27. The Labute approximate surface area is 162 Å². The normalized spacial score (nSPS) is 12.3. The van der Waals surface area contributed by atoms with E-state index in [9.17, 15) is 4.79 Å². The molecule has 0 fully saturated rings. The van der Waals surface area contributed by atoms with E-state index in [1.165, 1.54) is 0 Å². The van der Waals surface area contributed by atoms with Crippen molar-refractivity contribution in [3.63, 3.8) is 0 Å². The van der Waals surface area contributed by atoms with Crippen LogP contribution in [0.3, 0.4) is 0 Å². The average Bonchev–Trinajstić information content (AvgIpc) is 2.54. The third kappa shape index (κ3) is 9.17. The second-order valence-corrected chi connectivity index (χ2v) is 7.83. The molecule has 0 saturated heterocycles. The molecule has 0 aliphatic carbocycles. The maximum atomic E-state index is 12.0. The smallest absolute Gasteiger partial charge is 0.408 e. The number of rotatable bonds is 7. The van der Waals surface area contributed by atoms with E-state index in [4.69, 9.17) is 9.47 Å². The van der Waals surface area contributed by atoms with Gasteiger partial charge in [-0.3, -0.25) is 4.99 Å². The van der Waals surface area contributed by atoms with Gasteiger partial charge in [-0.25, -0.2) is 4.79 Å². The van der Waals surface area contributed by atoms with E-state index in [1.807, 2.05) is 65.8 Å². The van der Waals surface area contributed by atoms with Crippen molar-refractivity contribution in [3.05, 3.63) is 29.8 Å². The van der Waals surface area contributed by atoms with Gasteiger partial charge in [-0.1, -0.05) is 18.2 Å². The number of aliphatic imine (C=N–C) groups is 1. The molecule has 1 aromatic carbocycles. The van der Waals surface area contributed by atoms with Gasteiger partial charge in [-0.05, 0) is 47.6 Å². The lowest BCUT2D eigenvalue weighted by molar-refractivity contribution is 0.0474. The molecule has 1 rings (SSSR count). The standard InChI is InChI=1S/C20H34N4O3/c1-8-26-16-12-10-9-11-15(16)13-22-17(21-7)23-14-20(5,6)24-18(25)27-19(2,3)4/h9-12H,8,13-14H2,1-7H3,(H,24,25)(H2,21,22,23). The van der Waals surface area contributed by atoms with Crippen molar-refractivity contribution in [2.24, 2.45) is 4.99 Å². The number of hydrogen-bond acceptors (Lipinski definition) is 4. The molecular formula is C20H34N4O3. The zero-order valence-electron chi connectivity index (χ0n) is 17.6. The molecule has 0 spiro atoms. The summed E-state index contributed by atoms with van der Waals surface area (Å²) >= 11 is 0. The van der Waals surface area contributed by atoms with Gasteiger partial charge < -0.3 is 25.4 Å². The maximum Gasteiger partial charge on any atom is 0.408 e. The Morgan fingerprint density at radius 3 is 2.37 bits per heavy atom. The van der Waals surface area contributed by atoms with E-state index >= 15 is 0 Å². The minimum atomic E-state index is -0.529. The van der Waals surface area contributed by atoms with Crippen LogP contribution in [0.5, 0.6) is 5.75 Å². The van der Waals surface area contributed by atoms with Crippen LogP contribution in [0.4, 0.5) is 4.79 Å². The van der Waals surface area contributed by atoms with Gasteiger partial charge in [0.25, 0.3) is 0 Å². The number of amides is 1. The third-order valence-electron chi connectivity index (χ3n) is 3.48. The largest absolute Gasteiger partial charge is 0.494 e. The Morgan fingerprint density at radius 2 is 1.78 bits per heavy atom. The molecule has 0 atom stereocenters. The van der Waals surface area contributed by atoms with E-state index in [1.54, 1.807) is 7.05 Å². The summed E-state index contributed by atoms with van der Waals surface area (Å²) in [5.41, 5.74) is 0.0101. The lowest BCUT2D eigenvalue weighted by atomic mass is 10.1. The minimum Gasteiger partial charge on any atom is -0.494 e. The number of benzene rings is 1. The highest BCUT2D eigenvalue weighted by molar-refractivity contribution is 5.80. The second kappa shape index (κ2) is 10.0. The number of carbonyl (C=O) groups is 1. The van der Waals surface area contributed by atoms with Gasteiger partial charge in [0, 0.05) is 25.7 Å². The highest BCUT2D eigenvalue weighted by atomic mass is 16.6. The average molecular weight is 379 g/mol. The van der Waals surface area contributed by atoms with Gasteiger partial charge in [-0.2, -0.15) is 0 Å². The van der Waals surface area contributed by atoms with Crippen LogP contribution in [0.1, 0.15) is 47.1 Å². The van der Waals surface area contributed by atoms with Crippen molar-refractivity contribution in [1.29, 1.82) is 0 Å². The second-order valence-electron chi connectivity index (χ2n) is 7.83. The van der Waals surface area contributed by atoms with Crippen LogP contribution in [0, 0.1) is 0 Å². The molecule has 0 aromatic heterocycles. The van der Waals surface area contributed by atoms with Crippen molar-refractivity contribution in [1.82, 2.24) is 16.0 Å². The molecule has 3 N–H and O–H groups in total. The van der Waals surface area contributed by atoms with Crippen LogP contribution < -0.4 is 20.7 Å². The minimum absolute atomic E-state index is 0.442. The van der Waals surface area contributed by atoms with E-state index in [0.717, 1.165) is 11.3 Å². The highest BCUT2D eigenvalue weighted by Crippen LogP contribution is 2.17. The number of alkyl carbamates (subject to hydrolysis) is 1. The van der Waals surface area contributed by atoms with Crippen molar-refractivity contribution in [2.75, 3.05) is 20.2 Å². The Kier molecular flexibility index (Phi) is 8.40. The first-order valence-corrected chi connectivity index (χ1v) is 9.22. The SMILES string of the molecule is CCOc1ccccc1CNC(=NC)NCC(C)(C)NC(=O)OC(C)(C)C. The van der Waals surface area contributed by atoms with E-state index in [0.29, 0.717) is 25.7 Å². The van der Waals surface area contributed by atoms with E-state index in [-0.39, 0.29) is 0 Å². The first kappa shape index (κ1) is 22.6. The molecule has 0 aliphatic heterocycles. The van der Waals surface area contributed by atoms with Crippen LogP contribution in [0.15, 0.2) is 29.3 Å². The summed E-state index contributed by atoms with van der Waals surface area (Å²) in [5.74, 6) is 1.50. The fraction of sp³-hybridized carbons (Fsp3) is 0.600. The number of ether oxygens (including phenoxy) is 2. The molecule has 0 heterocycles. The van der Waals surface area contributed by atoms with E-state index < -0.39 is 17.2 Å². The Hall–Kier alpha value is -2.44. The predicted octanol–water partition coefficient (Wildman–Crippen LogP) is 3.05. The van der Waals surface area contributed by atoms with Crippen molar-refractivity contribution in [3.8, 4) is 5.75 Å². The monoisotopic (exact) mass is 378 g/mol. The van der Waals surface area contributed by atoms with Crippen LogP contribution in [0.25, 0.3) is 0 Å². The first-order valence-electron chi connectivity index (χ1n) is 9.22. The molecule has 152 valence electrons. The molecule has 7 heteroatoms. The Morgan fingerprint density at radius 1 is 1.11 bits per heavy atom. The highest BCUT2D eigenvalue weighted by Gasteiger charge is 2.24. The van der Waals surface area contributed by atoms with Gasteiger partial charge in [0.05, 0.1) is 12.1 Å². The molecule has 0 aliphatic rings. The first-order chi connectivity index (χ1) is 12.6. The number of nitrogens with one attached hydrogen (secondary N) is 3. The van der Waals surface area contributed by atoms with Crippen molar-refractivity contribution in [2.45, 2.75) is 59.2 Å². The Balaban J connectivity index is 2.55. The summed E-state index contributed by atoms with van der Waals surface area (Å²) in [6.07, 6.45) is -0.442. The van der Waals surface area contributed by atoms with Crippen LogP contribution in [-0.4, -0.2) is 43.4 Å². The van der Waals surface area contributed by atoms with Crippen LogP contribution in [-0.2, 0) is 11.3 Å². The summed E-state index contributed by atoms with van der Waals surface area (Å²) in [7, 11) is 1.71. The maximum absolute atomic E-state index is 12.0. The number of hydrogen-bond donors (Lipinski definition) is 3. The topological polar surface area (TPSA) is 84.0 Å². The third-order valence-corrected chi connectivity index (χ3v) is 3.48. The molecular weight excluding hydrogens is 344 g/mol. The molecule has 1 aromatic rings.